The van der Waals surface area contributed by atoms with Crippen LogP contribution in [0.2, 0.25) is 0 Å². The molecule has 1 aromatic heterocycles. The molecule has 0 radical (unpaired) electrons. The fourth-order valence-electron chi connectivity index (χ4n) is 1.37. The molecule has 17 heavy (non-hydrogen) atoms. The molecule has 1 aliphatic carbocycles. The highest BCUT2D eigenvalue weighted by atomic mass is 16.5. The molecule has 0 bridgehead atoms. The fourth-order valence-corrected chi connectivity index (χ4v) is 1.37. The minimum Gasteiger partial charge on any atom is -0.451 e. The van der Waals surface area contributed by atoms with Gasteiger partial charge in [0.15, 0.2) is 12.3 Å². The summed E-state index contributed by atoms with van der Waals surface area (Å²) in [4.78, 5) is 24.1. The van der Waals surface area contributed by atoms with Crippen molar-refractivity contribution < 1.29 is 14.3 Å². The summed E-state index contributed by atoms with van der Waals surface area (Å²) < 4.78 is 4.85. The van der Waals surface area contributed by atoms with Crippen molar-refractivity contribution in [3.05, 3.63) is 17.5 Å². The summed E-state index contributed by atoms with van der Waals surface area (Å²) in [5, 5.41) is 6.69. The number of H-pyrrole nitrogens is 1. The van der Waals surface area contributed by atoms with E-state index in [1.54, 1.807) is 20.2 Å². The molecule has 1 aromatic rings. The van der Waals surface area contributed by atoms with Crippen LogP contribution in [0.15, 0.2) is 6.07 Å². The second kappa shape index (κ2) is 4.57. The third kappa shape index (κ3) is 2.83. The highest BCUT2D eigenvalue weighted by Crippen LogP contribution is 2.38. The summed E-state index contributed by atoms with van der Waals surface area (Å²) in [6, 6.07) is 1.69. The van der Waals surface area contributed by atoms with Gasteiger partial charge in [0, 0.05) is 25.7 Å². The lowest BCUT2D eigenvalue weighted by Gasteiger charge is -2.09. The predicted octanol–water partition coefficient (Wildman–Crippen LogP) is 0.532. The van der Waals surface area contributed by atoms with Gasteiger partial charge >= 0.3 is 5.97 Å². The average Bonchev–Trinajstić information content (AvgIpc) is 3.03. The Balaban J connectivity index is 1.88. The van der Waals surface area contributed by atoms with E-state index in [0.717, 1.165) is 18.5 Å². The van der Waals surface area contributed by atoms with Crippen molar-refractivity contribution in [1.82, 2.24) is 15.1 Å². The number of carbonyl (C=O) groups is 2. The Morgan fingerprint density at radius 1 is 1.53 bits per heavy atom. The van der Waals surface area contributed by atoms with Crippen LogP contribution in [0.5, 0.6) is 0 Å². The molecule has 0 atom stereocenters. The normalized spacial score (nSPS) is 14.5. The Hall–Kier alpha value is -1.85. The fraction of sp³-hybridized carbons (Fsp3) is 0.545. The molecule has 0 aromatic carbocycles. The maximum Gasteiger partial charge on any atom is 0.359 e. The second-order valence-corrected chi connectivity index (χ2v) is 4.35. The average molecular weight is 237 g/mol. The van der Waals surface area contributed by atoms with Crippen molar-refractivity contribution in [1.29, 1.82) is 0 Å². The van der Waals surface area contributed by atoms with Crippen LogP contribution in [0.25, 0.3) is 0 Å². The van der Waals surface area contributed by atoms with Gasteiger partial charge in [-0.15, -0.1) is 0 Å². The molecule has 6 heteroatoms. The van der Waals surface area contributed by atoms with Crippen LogP contribution in [0.1, 0.15) is 34.9 Å². The number of nitrogens with zero attached hydrogens (tertiary/aromatic N) is 2. The van der Waals surface area contributed by atoms with Crippen LogP contribution in [-0.4, -0.2) is 47.7 Å². The van der Waals surface area contributed by atoms with Crippen LogP contribution in [0, 0.1) is 0 Å². The summed E-state index contributed by atoms with van der Waals surface area (Å²) in [6.45, 7) is -0.253. The van der Waals surface area contributed by atoms with E-state index >= 15 is 0 Å². The molecule has 2 rings (SSSR count). The Morgan fingerprint density at radius 2 is 2.24 bits per heavy atom. The van der Waals surface area contributed by atoms with Gasteiger partial charge in [-0.25, -0.2) is 4.79 Å². The first kappa shape index (κ1) is 11.6. The molecule has 0 unspecified atom stereocenters. The molecule has 92 valence electrons. The molecule has 0 saturated heterocycles. The first-order valence-corrected chi connectivity index (χ1v) is 5.50. The Morgan fingerprint density at radius 3 is 2.82 bits per heavy atom. The molecular weight excluding hydrogens is 222 g/mol. The van der Waals surface area contributed by atoms with Crippen LogP contribution < -0.4 is 0 Å². The lowest BCUT2D eigenvalue weighted by molar-refractivity contribution is -0.131. The van der Waals surface area contributed by atoms with Crippen molar-refractivity contribution in [2.24, 2.45) is 0 Å². The first-order chi connectivity index (χ1) is 8.08. The van der Waals surface area contributed by atoms with Gasteiger partial charge in [-0.05, 0) is 18.9 Å². The number of esters is 1. The van der Waals surface area contributed by atoms with Gasteiger partial charge in [-0.1, -0.05) is 0 Å². The zero-order valence-electron chi connectivity index (χ0n) is 9.90. The van der Waals surface area contributed by atoms with Gasteiger partial charge in [-0.3, -0.25) is 9.89 Å². The molecule has 1 fully saturated rings. The van der Waals surface area contributed by atoms with E-state index in [0.29, 0.717) is 5.92 Å². The molecule has 0 aliphatic heterocycles. The number of aromatic nitrogens is 2. The third-order valence-corrected chi connectivity index (χ3v) is 2.65. The van der Waals surface area contributed by atoms with E-state index in [2.05, 4.69) is 10.2 Å². The highest BCUT2D eigenvalue weighted by molar-refractivity contribution is 5.89. The first-order valence-electron chi connectivity index (χ1n) is 5.50. The van der Waals surface area contributed by atoms with Gasteiger partial charge in [0.05, 0.1) is 0 Å². The van der Waals surface area contributed by atoms with Crippen molar-refractivity contribution in [3.63, 3.8) is 0 Å². The third-order valence-electron chi connectivity index (χ3n) is 2.65. The maximum atomic E-state index is 11.6. The number of aromatic amines is 1. The zero-order chi connectivity index (χ0) is 12.4. The van der Waals surface area contributed by atoms with Crippen molar-refractivity contribution in [2.45, 2.75) is 18.8 Å². The molecule has 1 heterocycles. The smallest absolute Gasteiger partial charge is 0.359 e. The summed E-state index contributed by atoms with van der Waals surface area (Å²) in [5.41, 5.74) is 1.20. The number of hydrogen-bond acceptors (Lipinski definition) is 4. The molecular formula is C11H15N3O3. The van der Waals surface area contributed by atoms with E-state index in [4.69, 9.17) is 4.74 Å². The van der Waals surface area contributed by atoms with Gasteiger partial charge in [0.25, 0.3) is 5.91 Å². The number of amides is 1. The Kier molecular flexibility index (Phi) is 3.12. The standard InChI is InChI=1S/C11H15N3O3/c1-14(2)10(15)6-17-11(16)9-5-8(12-13-9)7-3-4-7/h5,7H,3-4,6H2,1-2H3,(H,12,13). The van der Waals surface area contributed by atoms with Crippen LogP contribution in [-0.2, 0) is 9.53 Å². The molecule has 1 N–H and O–H groups in total. The quantitative estimate of drug-likeness (QED) is 0.775. The molecule has 1 amide bonds. The van der Waals surface area contributed by atoms with Gasteiger partial charge in [-0.2, -0.15) is 5.10 Å². The Bertz CT molecular complexity index is 435. The molecule has 6 nitrogen and oxygen atoms in total. The van der Waals surface area contributed by atoms with Crippen LogP contribution in [0.3, 0.4) is 0 Å². The van der Waals surface area contributed by atoms with Crippen LogP contribution in [0.4, 0.5) is 0 Å². The molecule has 1 aliphatic rings. The number of carbonyl (C=O) groups excluding carboxylic acids is 2. The lowest BCUT2D eigenvalue weighted by Crippen LogP contribution is -2.27. The van der Waals surface area contributed by atoms with E-state index < -0.39 is 5.97 Å². The highest BCUT2D eigenvalue weighted by Gasteiger charge is 2.26. The van der Waals surface area contributed by atoms with Gasteiger partial charge < -0.3 is 9.64 Å². The van der Waals surface area contributed by atoms with Gasteiger partial charge in [0.1, 0.15) is 0 Å². The SMILES string of the molecule is CN(C)C(=O)COC(=O)c1cc(C2CC2)[nH]n1. The Labute approximate surface area is 98.9 Å². The summed E-state index contributed by atoms with van der Waals surface area (Å²) in [5.74, 6) is -0.313. The monoisotopic (exact) mass is 237 g/mol. The topological polar surface area (TPSA) is 75.3 Å². The number of hydrogen-bond donors (Lipinski definition) is 1. The van der Waals surface area contributed by atoms with Gasteiger partial charge in [0.2, 0.25) is 0 Å². The lowest BCUT2D eigenvalue weighted by atomic mass is 10.3. The summed E-state index contributed by atoms with van der Waals surface area (Å²) >= 11 is 0. The van der Waals surface area contributed by atoms with Crippen molar-refractivity contribution >= 4 is 11.9 Å². The number of nitrogens with one attached hydrogen (secondary N) is 1. The maximum absolute atomic E-state index is 11.6. The second-order valence-electron chi connectivity index (χ2n) is 4.35. The van der Waals surface area contributed by atoms with Crippen molar-refractivity contribution in [3.8, 4) is 0 Å². The number of likely N-dealkylation sites (N-methyl/N-ethyl adjacent to an activating group) is 1. The zero-order valence-corrected chi connectivity index (χ0v) is 9.90. The summed E-state index contributed by atoms with van der Waals surface area (Å²) in [7, 11) is 3.21. The largest absolute Gasteiger partial charge is 0.451 e. The van der Waals surface area contributed by atoms with E-state index in [1.807, 2.05) is 0 Å². The van der Waals surface area contributed by atoms with E-state index in [-0.39, 0.29) is 18.2 Å². The predicted molar refractivity (Wildman–Crippen MR) is 59.5 cm³/mol. The number of rotatable bonds is 4. The van der Waals surface area contributed by atoms with E-state index in [9.17, 15) is 9.59 Å². The molecule has 0 spiro atoms. The summed E-state index contributed by atoms with van der Waals surface area (Å²) in [6.07, 6.45) is 2.27. The van der Waals surface area contributed by atoms with Crippen molar-refractivity contribution in [2.75, 3.05) is 20.7 Å². The van der Waals surface area contributed by atoms with Crippen LogP contribution >= 0.6 is 0 Å². The minimum absolute atomic E-state index is 0.235. The minimum atomic E-state index is -0.566. The van der Waals surface area contributed by atoms with E-state index in [1.165, 1.54) is 4.90 Å². The molecule has 1 saturated carbocycles. The number of ether oxygens (including phenoxy) is 1.